The first-order chi connectivity index (χ1) is 29.7. The summed E-state index contributed by atoms with van der Waals surface area (Å²) in [5.74, 6) is 0.318. The van der Waals surface area contributed by atoms with Gasteiger partial charge in [-0.1, -0.05) is 72.8 Å². The van der Waals surface area contributed by atoms with Crippen molar-refractivity contribution in [2.75, 3.05) is 16.8 Å². The second kappa shape index (κ2) is 12.8. The van der Waals surface area contributed by atoms with Crippen LogP contribution < -0.4 is 41.9 Å². The molecule has 0 radical (unpaired) electrons. The molecule has 12 heteroatoms. The molecule has 12 rings (SSSR count). The molecule has 0 spiro atoms. The van der Waals surface area contributed by atoms with Crippen molar-refractivity contribution in [3.05, 3.63) is 165 Å². The summed E-state index contributed by atoms with van der Waals surface area (Å²) >= 11 is 0. The highest BCUT2D eigenvalue weighted by molar-refractivity contribution is 6.75. The lowest BCUT2D eigenvalue weighted by molar-refractivity contribution is 0.723. The molecule has 62 heavy (non-hydrogen) atoms. The lowest BCUT2D eigenvalue weighted by Crippen LogP contribution is -2.38. The summed E-state index contributed by atoms with van der Waals surface area (Å²) in [5, 5.41) is 8.09. The Bertz CT molecular complexity index is 3640. The second-order valence-electron chi connectivity index (χ2n) is 18.8. The van der Waals surface area contributed by atoms with Crippen molar-refractivity contribution < 1.29 is 0 Å². The number of aromatic nitrogens is 1. The normalized spacial score (nSPS) is 20.0. The van der Waals surface area contributed by atoms with Gasteiger partial charge in [0.05, 0.1) is 55.2 Å². The molecule has 0 fully saturated rings. The van der Waals surface area contributed by atoms with Gasteiger partial charge in [-0.15, -0.1) is 0 Å². The monoisotopic (exact) mass is 857 g/mol. The van der Waals surface area contributed by atoms with Gasteiger partial charge in [0.25, 0.3) is 25.2 Å². The number of benzene rings is 6. The van der Waals surface area contributed by atoms with Crippen molar-refractivity contribution in [2.24, 2.45) is 35.0 Å². The van der Waals surface area contributed by atoms with Gasteiger partial charge in [0.2, 0.25) is 0 Å². The van der Waals surface area contributed by atoms with Crippen LogP contribution in [0.3, 0.4) is 0 Å². The predicted molar refractivity (Wildman–Crippen MR) is 259 cm³/mol. The number of hydrogen-bond acceptors (Lipinski definition) is 8. The van der Waals surface area contributed by atoms with Crippen LogP contribution in [0.4, 0.5) is 22.7 Å². The Morgan fingerprint density at radius 3 is 1.81 bits per heavy atom. The highest BCUT2D eigenvalue weighted by Crippen LogP contribution is 2.44. The van der Waals surface area contributed by atoms with Gasteiger partial charge in [-0.25, -0.2) is 0 Å². The van der Waals surface area contributed by atoms with Crippen molar-refractivity contribution in [1.29, 1.82) is 0 Å². The third-order valence-corrected chi connectivity index (χ3v) is 17.8. The van der Waals surface area contributed by atoms with Gasteiger partial charge in [-0.3, -0.25) is 27.9 Å². The van der Waals surface area contributed by atoms with Crippen LogP contribution in [0.25, 0.3) is 44.1 Å². The first-order valence-electron chi connectivity index (χ1n) is 21.6. The third kappa shape index (κ3) is 5.55. The van der Waals surface area contributed by atoms with Crippen LogP contribution in [-0.4, -0.2) is 42.8 Å². The van der Waals surface area contributed by atoms with Crippen molar-refractivity contribution in [3.8, 4) is 22.3 Å². The van der Waals surface area contributed by atoms with Crippen molar-refractivity contribution in [2.45, 2.75) is 51.2 Å². The lowest BCUT2D eigenvalue weighted by atomic mass is 9.89. The molecule has 5 aliphatic rings. The molecule has 2 unspecified atom stereocenters. The van der Waals surface area contributed by atoms with E-state index in [4.69, 9.17) is 27.9 Å². The number of hydrogen-bond donors (Lipinski definition) is 0. The maximum Gasteiger partial charge on any atom is 0.298 e. The number of allylic oxidation sites excluding steroid dienone is 2. The fourth-order valence-corrected chi connectivity index (χ4v) is 15.3. The average molecular weight is 858 g/mol. The first kappa shape index (κ1) is 37.4. The molecule has 0 bridgehead atoms. The first-order valence-corrected chi connectivity index (χ1v) is 30.3. The molecule has 4 aliphatic heterocycles. The summed E-state index contributed by atoms with van der Waals surface area (Å²) in [5.41, 5.74) is 12.5. The molecular formula is C50H47N9Si3. The molecule has 5 heterocycles. The maximum absolute atomic E-state index is 5.57. The van der Waals surface area contributed by atoms with Crippen LogP contribution >= 0.6 is 0 Å². The molecule has 0 saturated carbocycles. The lowest BCUT2D eigenvalue weighted by Gasteiger charge is -2.26. The Labute approximate surface area is 363 Å². The number of fused-ring (bicyclic) bond motifs is 9. The van der Waals surface area contributed by atoms with Gasteiger partial charge < -0.3 is 14.4 Å². The highest BCUT2D eigenvalue weighted by Gasteiger charge is 2.36. The van der Waals surface area contributed by atoms with E-state index in [2.05, 4.69) is 195 Å². The van der Waals surface area contributed by atoms with Gasteiger partial charge in [-0.05, 0) is 111 Å². The van der Waals surface area contributed by atoms with Gasteiger partial charge in [0.15, 0.2) is 0 Å². The summed E-state index contributed by atoms with van der Waals surface area (Å²) in [7, 11) is -2.71. The summed E-state index contributed by atoms with van der Waals surface area (Å²) in [6, 6.07) is 38.2. The molecule has 0 amide bonds. The predicted octanol–water partition coefficient (Wildman–Crippen LogP) is 8.03. The van der Waals surface area contributed by atoms with E-state index in [0.29, 0.717) is 12.0 Å². The zero-order valence-corrected chi connectivity index (χ0v) is 39.3. The Morgan fingerprint density at radius 2 is 1.08 bits per heavy atom. The van der Waals surface area contributed by atoms with E-state index >= 15 is 0 Å². The second-order valence-corrected chi connectivity index (χ2v) is 29.1. The van der Waals surface area contributed by atoms with Crippen molar-refractivity contribution in [1.82, 2.24) is 4.57 Å². The van der Waals surface area contributed by atoms with Gasteiger partial charge in [-0.2, -0.15) is 0 Å². The molecular weight excluding hydrogens is 811 g/mol. The third-order valence-electron chi connectivity index (χ3n) is 13.2. The van der Waals surface area contributed by atoms with Crippen LogP contribution in [0.2, 0.25) is 39.3 Å². The zero-order valence-electron chi connectivity index (χ0n) is 36.3. The molecule has 7 aromatic rings. The zero-order chi connectivity index (χ0) is 42.4. The quantitative estimate of drug-likeness (QED) is 0.164. The molecule has 304 valence electrons. The van der Waals surface area contributed by atoms with E-state index < -0.39 is 25.2 Å². The fourth-order valence-electron chi connectivity index (χ4n) is 10.5. The minimum atomic E-state index is -2.41. The topological polar surface area (TPSA) is 85.6 Å². The summed E-state index contributed by atoms with van der Waals surface area (Å²) in [6.07, 6.45) is 9.00. The SMILES string of the molecule is CN1c2ccc(-c3ccc(N(c4cccc5c4=N[Si](C)(C)N=5)c4ccc(-c5ccc6c(c5)c5ccccc5n6C)c5c4=N[Si](C)(C)N=5)c4c3=N[Si](C)(C)N=4)cc2C2C=CC=CC21. The van der Waals surface area contributed by atoms with Crippen LogP contribution in [0.15, 0.2) is 155 Å². The minimum absolute atomic E-state index is 0.318. The van der Waals surface area contributed by atoms with E-state index in [1.165, 1.54) is 33.1 Å². The largest absolute Gasteiger partial charge is 0.367 e. The Balaban J connectivity index is 1.10. The van der Waals surface area contributed by atoms with Crippen molar-refractivity contribution in [3.63, 3.8) is 0 Å². The average Bonchev–Trinajstić information content (AvgIpc) is 4.02. The molecule has 2 atom stereocenters. The van der Waals surface area contributed by atoms with E-state index in [1.807, 2.05) is 0 Å². The van der Waals surface area contributed by atoms with Crippen LogP contribution in [0, 0.1) is 0 Å². The molecule has 9 nitrogen and oxygen atoms in total. The van der Waals surface area contributed by atoms with Gasteiger partial charge in [0, 0.05) is 58.6 Å². The fraction of sp³-hybridized carbons (Fsp3) is 0.200. The summed E-state index contributed by atoms with van der Waals surface area (Å²) in [4.78, 5) is 4.76. The Morgan fingerprint density at radius 1 is 0.500 bits per heavy atom. The number of rotatable bonds is 5. The van der Waals surface area contributed by atoms with E-state index in [-0.39, 0.29) is 0 Å². The maximum atomic E-state index is 5.57. The minimum Gasteiger partial charge on any atom is -0.367 e. The van der Waals surface area contributed by atoms with Crippen molar-refractivity contribution >= 4 is 69.7 Å². The van der Waals surface area contributed by atoms with Crippen LogP contribution in [0.5, 0.6) is 0 Å². The molecule has 1 aromatic heterocycles. The standard InChI is InChI=1S/C50H47N9Si3/c1-57-39-17-11-9-14-34(39)36-28-30(20-24-41(36)57)32-22-26-44(49-46(32)52-61(5,6)55-49)59(43-19-13-16-38-48(43)54-60(3,4)51-38)45-27-23-33(47-50(45)56-62(7,8)53-47)31-21-25-42-37(29-31)35-15-10-12-18-40(35)58(42)2/h9-29,34,39H,1-8H3. The number of para-hydroxylation sites is 1. The van der Waals surface area contributed by atoms with Crippen LogP contribution in [-0.2, 0) is 7.05 Å². The summed E-state index contributed by atoms with van der Waals surface area (Å²) in [6.45, 7) is 13.3. The molecule has 1 aliphatic carbocycles. The Hall–Kier alpha value is -6.35. The smallest absolute Gasteiger partial charge is 0.298 e. The highest BCUT2D eigenvalue weighted by atomic mass is 28.4. The van der Waals surface area contributed by atoms with Crippen LogP contribution in [0.1, 0.15) is 11.5 Å². The number of nitrogens with zero attached hydrogens (tertiary/aromatic N) is 9. The van der Waals surface area contributed by atoms with Gasteiger partial charge in [0.1, 0.15) is 0 Å². The Kier molecular flexibility index (Phi) is 7.75. The van der Waals surface area contributed by atoms with Gasteiger partial charge >= 0.3 is 0 Å². The molecule has 6 aromatic carbocycles. The number of anilines is 4. The summed E-state index contributed by atoms with van der Waals surface area (Å²) < 4.78 is 35.0. The molecule has 0 N–H and O–H groups in total. The number of likely N-dealkylation sites (N-methyl/N-ethyl adjacent to an activating group) is 1. The van der Waals surface area contributed by atoms with E-state index in [0.717, 1.165) is 71.5 Å². The number of aryl methyl sites for hydroxylation is 1. The van der Waals surface area contributed by atoms with E-state index in [9.17, 15) is 0 Å². The van der Waals surface area contributed by atoms with E-state index in [1.54, 1.807) is 0 Å². The molecule has 0 saturated heterocycles.